The number of benzene rings is 1. The summed E-state index contributed by atoms with van der Waals surface area (Å²) in [6.07, 6.45) is -3.48. The van der Waals surface area contributed by atoms with Gasteiger partial charge in [-0.15, -0.1) is 0 Å². The van der Waals surface area contributed by atoms with Gasteiger partial charge in [0.1, 0.15) is 12.3 Å². The van der Waals surface area contributed by atoms with Crippen LogP contribution in [0.3, 0.4) is 0 Å². The minimum Gasteiger partial charge on any atom is -0.481 e. The molecule has 0 bridgehead atoms. The summed E-state index contributed by atoms with van der Waals surface area (Å²) in [5.74, 6) is -1.50. The number of aromatic nitrogens is 2. The van der Waals surface area contributed by atoms with Crippen molar-refractivity contribution in [2.45, 2.75) is 32.0 Å². The van der Waals surface area contributed by atoms with Gasteiger partial charge in [-0.25, -0.2) is 0 Å². The summed E-state index contributed by atoms with van der Waals surface area (Å²) >= 11 is 0. The molecule has 1 atom stereocenters. The Kier molecular flexibility index (Phi) is 7.39. The second-order valence-electron chi connectivity index (χ2n) is 9.36. The van der Waals surface area contributed by atoms with Crippen LogP contribution in [0.15, 0.2) is 42.6 Å². The zero-order valence-corrected chi connectivity index (χ0v) is 20.0. The van der Waals surface area contributed by atoms with Crippen LogP contribution in [0.2, 0.25) is 0 Å². The molecule has 1 aromatic heterocycles. The number of carbonyl (C=O) groups excluding carboxylic acids is 1. The van der Waals surface area contributed by atoms with Crippen molar-refractivity contribution in [3.05, 3.63) is 53.9 Å². The lowest BCUT2D eigenvalue weighted by Crippen LogP contribution is -2.47. The fraction of sp³-hybridized carbons (Fsp3) is 0.480. The molecule has 11 heteroatoms. The van der Waals surface area contributed by atoms with Crippen LogP contribution in [0, 0.1) is 12.8 Å². The van der Waals surface area contributed by atoms with Gasteiger partial charge in [0.25, 0.3) is 5.91 Å². The zero-order valence-electron chi connectivity index (χ0n) is 20.0. The fourth-order valence-electron chi connectivity index (χ4n) is 4.61. The first kappa shape index (κ1) is 25.7. The van der Waals surface area contributed by atoms with Crippen molar-refractivity contribution in [2.75, 3.05) is 39.4 Å². The molecule has 36 heavy (non-hydrogen) atoms. The van der Waals surface area contributed by atoms with Crippen LogP contribution in [-0.4, -0.2) is 82.1 Å². The summed E-state index contributed by atoms with van der Waals surface area (Å²) in [5.41, 5.74) is 3.34. The number of hydrogen-bond donors (Lipinski definition) is 1. The first-order valence-electron chi connectivity index (χ1n) is 11.8. The molecule has 1 saturated heterocycles. The highest BCUT2D eigenvalue weighted by molar-refractivity contribution is 5.94. The molecule has 2 aromatic rings. The van der Waals surface area contributed by atoms with E-state index in [0.29, 0.717) is 37.3 Å². The minimum atomic E-state index is -4.46. The molecule has 8 nitrogen and oxygen atoms in total. The summed E-state index contributed by atoms with van der Waals surface area (Å²) in [6.45, 7) is 5.73. The highest BCUT2D eigenvalue weighted by Crippen LogP contribution is 2.29. The van der Waals surface area contributed by atoms with Gasteiger partial charge in [-0.05, 0) is 25.8 Å². The van der Waals surface area contributed by atoms with Crippen LogP contribution in [0.25, 0.3) is 11.3 Å². The molecule has 2 aliphatic heterocycles. The molecule has 0 aliphatic carbocycles. The van der Waals surface area contributed by atoms with E-state index in [-0.39, 0.29) is 31.3 Å². The lowest BCUT2D eigenvalue weighted by Gasteiger charge is -2.38. The molecule has 0 radical (unpaired) electrons. The quantitative estimate of drug-likeness (QED) is 0.587. The third-order valence-electron chi connectivity index (χ3n) is 6.61. The lowest BCUT2D eigenvalue weighted by atomic mass is 9.97. The van der Waals surface area contributed by atoms with Crippen molar-refractivity contribution < 1.29 is 32.6 Å². The lowest BCUT2D eigenvalue weighted by molar-refractivity contribution is -0.176. The van der Waals surface area contributed by atoms with Crippen LogP contribution >= 0.6 is 0 Å². The van der Waals surface area contributed by atoms with Gasteiger partial charge in [0, 0.05) is 30.9 Å². The SMILES string of the molecule is C=C(CN1CC(COCC(F)(F)F)n2nc(-c3ccc(C)cc3)cc2C1=O)N1CCC(C(=O)O)CC1. The Bertz CT molecular complexity index is 1120. The molecule has 1 N–H and O–H groups in total. The number of carbonyl (C=O) groups is 2. The normalized spacial score (nSPS) is 18.9. The standard InChI is InChI=1S/C25H29F3N4O4/c1-16-3-5-18(6-4-16)21-11-22-23(33)31(12-17(2)30-9-7-19(8-10-30)24(34)35)13-20(32(22)29-21)14-36-15-25(26,27)28/h3-6,11,19-20H,2,7-10,12-15H2,1H3,(H,34,35). The summed E-state index contributed by atoms with van der Waals surface area (Å²) < 4.78 is 44.5. The van der Waals surface area contributed by atoms with Gasteiger partial charge in [-0.1, -0.05) is 36.4 Å². The van der Waals surface area contributed by atoms with E-state index in [0.717, 1.165) is 11.1 Å². The van der Waals surface area contributed by atoms with Gasteiger partial charge in [0.2, 0.25) is 0 Å². The van der Waals surface area contributed by atoms with Crippen molar-refractivity contribution in [1.29, 1.82) is 0 Å². The molecule has 194 valence electrons. The van der Waals surface area contributed by atoms with E-state index >= 15 is 0 Å². The van der Waals surface area contributed by atoms with Gasteiger partial charge in [-0.3, -0.25) is 14.3 Å². The topological polar surface area (TPSA) is 87.9 Å². The number of ether oxygens (including phenoxy) is 1. The van der Waals surface area contributed by atoms with Crippen LogP contribution in [0.1, 0.15) is 34.9 Å². The predicted molar refractivity (Wildman–Crippen MR) is 125 cm³/mol. The number of hydrogen-bond acceptors (Lipinski definition) is 5. The summed E-state index contributed by atoms with van der Waals surface area (Å²) in [6, 6.07) is 8.64. The number of carboxylic acid groups (broad SMARTS) is 1. The van der Waals surface area contributed by atoms with Crippen LogP contribution in [-0.2, 0) is 9.53 Å². The fourth-order valence-corrected chi connectivity index (χ4v) is 4.61. The van der Waals surface area contributed by atoms with Crippen molar-refractivity contribution in [2.24, 2.45) is 5.92 Å². The average Bonchev–Trinajstić information content (AvgIpc) is 3.27. The number of halogens is 3. The molecule has 4 rings (SSSR count). The van der Waals surface area contributed by atoms with E-state index in [9.17, 15) is 27.9 Å². The van der Waals surface area contributed by atoms with E-state index in [1.165, 1.54) is 4.68 Å². The second-order valence-corrected chi connectivity index (χ2v) is 9.36. The van der Waals surface area contributed by atoms with Crippen LogP contribution in [0.4, 0.5) is 13.2 Å². The average molecular weight is 507 g/mol. The first-order valence-corrected chi connectivity index (χ1v) is 11.8. The maximum atomic E-state index is 13.4. The molecule has 1 fully saturated rings. The van der Waals surface area contributed by atoms with Crippen molar-refractivity contribution >= 4 is 11.9 Å². The monoisotopic (exact) mass is 506 g/mol. The highest BCUT2D eigenvalue weighted by Gasteiger charge is 2.36. The number of aliphatic carboxylic acids is 1. The van der Waals surface area contributed by atoms with Crippen molar-refractivity contribution in [1.82, 2.24) is 19.6 Å². The van der Waals surface area contributed by atoms with Gasteiger partial charge in [0.15, 0.2) is 0 Å². The van der Waals surface area contributed by atoms with Gasteiger partial charge < -0.3 is 19.6 Å². The largest absolute Gasteiger partial charge is 0.481 e. The Labute approximate surface area is 206 Å². The van der Waals surface area contributed by atoms with Crippen LogP contribution in [0.5, 0.6) is 0 Å². The van der Waals surface area contributed by atoms with Gasteiger partial charge in [-0.2, -0.15) is 18.3 Å². The Balaban J connectivity index is 1.52. The number of nitrogens with zero attached hydrogens (tertiary/aromatic N) is 4. The van der Waals surface area contributed by atoms with Gasteiger partial charge in [0.05, 0.1) is 30.8 Å². The Morgan fingerprint density at radius 1 is 1.22 bits per heavy atom. The van der Waals surface area contributed by atoms with Crippen molar-refractivity contribution in [3.8, 4) is 11.3 Å². The van der Waals surface area contributed by atoms with Gasteiger partial charge >= 0.3 is 12.1 Å². The molecular weight excluding hydrogens is 477 g/mol. The second kappa shape index (κ2) is 10.3. The molecule has 2 aliphatic rings. The van der Waals surface area contributed by atoms with E-state index in [1.807, 2.05) is 36.1 Å². The number of carboxylic acids is 1. The zero-order chi connectivity index (χ0) is 26.0. The maximum Gasteiger partial charge on any atom is 0.411 e. The van der Waals surface area contributed by atoms with E-state index in [1.54, 1.807) is 11.0 Å². The maximum absolute atomic E-state index is 13.4. The number of alkyl halides is 3. The van der Waals surface area contributed by atoms with Crippen LogP contribution < -0.4 is 0 Å². The number of rotatable bonds is 8. The predicted octanol–water partition coefficient (Wildman–Crippen LogP) is 3.74. The first-order chi connectivity index (χ1) is 17.0. The minimum absolute atomic E-state index is 0.114. The molecule has 0 saturated carbocycles. The molecule has 1 aromatic carbocycles. The molecule has 1 unspecified atom stereocenters. The number of aryl methyl sites for hydroxylation is 1. The number of amides is 1. The summed E-state index contributed by atoms with van der Waals surface area (Å²) in [4.78, 5) is 28.1. The molecule has 1 amide bonds. The number of likely N-dealkylation sites (tertiary alicyclic amines) is 1. The van der Waals surface area contributed by atoms with E-state index in [2.05, 4.69) is 11.7 Å². The molecule has 0 spiro atoms. The van der Waals surface area contributed by atoms with Crippen molar-refractivity contribution in [3.63, 3.8) is 0 Å². The highest BCUT2D eigenvalue weighted by atomic mass is 19.4. The Morgan fingerprint density at radius 3 is 2.50 bits per heavy atom. The summed E-state index contributed by atoms with van der Waals surface area (Å²) in [5, 5.41) is 13.8. The van der Waals surface area contributed by atoms with E-state index < -0.39 is 30.7 Å². The number of piperidine rings is 1. The third-order valence-corrected chi connectivity index (χ3v) is 6.61. The molecular formula is C25H29F3N4O4. The Morgan fingerprint density at radius 2 is 1.89 bits per heavy atom. The van der Waals surface area contributed by atoms with E-state index in [4.69, 9.17) is 4.74 Å². The smallest absolute Gasteiger partial charge is 0.411 e. The molecule has 3 heterocycles. The Hall–Kier alpha value is -3.34. The third kappa shape index (κ3) is 5.89. The summed E-state index contributed by atoms with van der Waals surface area (Å²) in [7, 11) is 0. The number of fused-ring (bicyclic) bond motifs is 1.